The summed E-state index contributed by atoms with van der Waals surface area (Å²) in [6.07, 6.45) is 4.94. The zero-order chi connectivity index (χ0) is 16.5. The molecular weight excluding hydrogens is 326 g/mol. The van der Waals surface area contributed by atoms with Gasteiger partial charge in [0.05, 0.1) is 0 Å². The summed E-state index contributed by atoms with van der Waals surface area (Å²) in [5.41, 5.74) is 1.92. The number of oxazole rings is 1. The molecule has 1 saturated heterocycles. The summed E-state index contributed by atoms with van der Waals surface area (Å²) in [7, 11) is 0. The molecular formula is C17H14ClN5O. The molecule has 0 radical (unpaired) electrons. The zero-order valence-electron chi connectivity index (χ0n) is 12.8. The van der Waals surface area contributed by atoms with Gasteiger partial charge in [-0.3, -0.25) is 0 Å². The van der Waals surface area contributed by atoms with Crippen LogP contribution in [-0.4, -0.2) is 28.0 Å². The molecule has 2 aromatic heterocycles. The van der Waals surface area contributed by atoms with Crippen LogP contribution in [0.1, 0.15) is 30.3 Å². The summed E-state index contributed by atoms with van der Waals surface area (Å²) in [5, 5.41) is 9.82. The van der Waals surface area contributed by atoms with Gasteiger partial charge in [0.25, 0.3) is 0 Å². The molecule has 24 heavy (non-hydrogen) atoms. The monoisotopic (exact) mass is 339 g/mol. The van der Waals surface area contributed by atoms with Crippen LogP contribution in [0.15, 0.2) is 35.0 Å². The highest BCUT2D eigenvalue weighted by atomic mass is 35.5. The number of nitrogens with zero attached hydrogens (tertiary/aromatic N) is 5. The van der Waals surface area contributed by atoms with Crippen molar-refractivity contribution in [3.05, 3.63) is 47.2 Å². The Hall–Kier alpha value is -2.65. The molecule has 0 bridgehead atoms. The molecule has 0 amide bonds. The van der Waals surface area contributed by atoms with E-state index in [1.165, 1.54) is 6.20 Å². The molecule has 1 aliphatic rings. The summed E-state index contributed by atoms with van der Waals surface area (Å²) < 4.78 is 5.88. The van der Waals surface area contributed by atoms with Gasteiger partial charge in [-0.2, -0.15) is 5.26 Å². The van der Waals surface area contributed by atoms with Crippen LogP contribution in [0.5, 0.6) is 0 Å². The van der Waals surface area contributed by atoms with Crippen LogP contribution >= 0.6 is 11.6 Å². The van der Waals surface area contributed by atoms with Crippen molar-refractivity contribution in [3.63, 3.8) is 0 Å². The molecule has 0 saturated carbocycles. The van der Waals surface area contributed by atoms with Gasteiger partial charge in [-0.25, -0.2) is 15.0 Å². The number of nitriles is 1. The van der Waals surface area contributed by atoms with Gasteiger partial charge in [0.15, 0.2) is 23.0 Å². The Balaban J connectivity index is 1.52. The highest BCUT2D eigenvalue weighted by Crippen LogP contribution is 2.32. The van der Waals surface area contributed by atoms with E-state index in [0.29, 0.717) is 16.5 Å². The number of fused-ring (bicyclic) bond motifs is 1. The van der Waals surface area contributed by atoms with Crippen LogP contribution in [-0.2, 0) is 0 Å². The highest BCUT2D eigenvalue weighted by Gasteiger charge is 2.26. The lowest BCUT2D eigenvalue weighted by Gasteiger charge is -2.31. The summed E-state index contributed by atoms with van der Waals surface area (Å²) in [6, 6.07) is 7.57. The van der Waals surface area contributed by atoms with Crippen molar-refractivity contribution in [1.82, 2.24) is 15.0 Å². The summed E-state index contributed by atoms with van der Waals surface area (Å²) in [5.74, 6) is 1.67. The molecule has 3 aromatic rings. The Kier molecular flexibility index (Phi) is 3.79. The maximum absolute atomic E-state index is 9.17. The van der Waals surface area contributed by atoms with Crippen LogP contribution in [0.3, 0.4) is 0 Å². The van der Waals surface area contributed by atoms with Crippen LogP contribution in [0.4, 0.5) is 5.82 Å². The Morgan fingerprint density at radius 1 is 1.21 bits per heavy atom. The van der Waals surface area contributed by atoms with Crippen molar-refractivity contribution in [3.8, 4) is 6.07 Å². The number of anilines is 1. The first-order valence-corrected chi connectivity index (χ1v) is 8.14. The van der Waals surface area contributed by atoms with E-state index in [1.54, 1.807) is 12.3 Å². The predicted molar refractivity (Wildman–Crippen MR) is 90.0 cm³/mol. The molecule has 0 atom stereocenters. The second-order valence-electron chi connectivity index (χ2n) is 5.77. The van der Waals surface area contributed by atoms with Gasteiger partial charge in [0.1, 0.15) is 11.6 Å². The first-order valence-electron chi connectivity index (χ1n) is 7.76. The number of aromatic nitrogens is 3. The molecule has 0 aliphatic carbocycles. The van der Waals surface area contributed by atoms with E-state index in [4.69, 9.17) is 21.3 Å². The number of hydrogen-bond donors (Lipinski definition) is 0. The third kappa shape index (κ3) is 2.68. The third-order valence-electron chi connectivity index (χ3n) is 4.29. The first-order chi connectivity index (χ1) is 11.7. The Morgan fingerprint density at radius 2 is 2.00 bits per heavy atom. The Labute approximate surface area is 143 Å². The van der Waals surface area contributed by atoms with Gasteiger partial charge in [0.2, 0.25) is 0 Å². The molecule has 3 heterocycles. The van der Waals surface area contributed by atoms with Crippen molar-refractivity contribution in [2.45, 2.75) is 18.8 Å². The fraction of sp³-hybridized carbons (Fsp3) is 0.294. The molecule has 0 unspecified atom stereocenters. The molecule has 120 valence electrons. The van der Waals surface area contributed by atoms with E-state index in [9.17, 15) is 0 Å². The minimum atomic E-state index is 0.259. The lowest BCUT2D eigenvalue weighted by Crippen LogP contribution is -2.34. The molecule has 6 nitrogen and oxygen atoms in total. The molecule has 1 aliphatic heterocycles. The third-order valence-corrected chi connectivity index (χ3v) is 4.53. The van der Waals surface area contributed by atoms with Gasteiger partial charge < -0.3 is 9.32 Å². The topological polar surface area (TPSA) is 78.8 Å². The standard InChI is InChI=1S/C17H14ClN5O/c18-12-1-2-15-13(9-12)22-17(24-15)11-3-7-23(8-4-11)16-14(10-19)20-5-6-21-16/h1-2,5-6,9,11H,3-4,7-8H2. The number of hydrogen-bond acceptors (Lipinski definition) is 6. The zero-order valence-corrected chi connectivity index (χ0v) is 13.6. The van der Waals surface area contributed by atoms with Gasteiger partial charge in [-0.05, 0) is 31.0 Å². The van der Waals surface area contributed by atoms with Crippen molar-refractivity contribution in [2.24, 2.45) is 0 Å². The maximum atomic E-state index is 9.17. The van der Waals surface area contributed by atoms with E-state index in [2.05, 4.69) is 25.9 Å². The Bertz CT molecular complexity index is 924. The second-order valence-corrected chi connectivity index (χ2v) is 6.20. The van der Waals surface area contributed by atoms with Crippen molar-refractivity contribution < 1.29 is 4.42 Å². The SMILES string of the molecule is N#Cc1nccnc1N1CCC(c2nc3cc(Cl)ccc3o2)CC1. The van der Waals surface area contributed by atoms with Crippen LogP contribution < -0.4 is 4.90 Å². The normalized spacial score (nSPS) is 15.6. The van der Waals surface area contributed by atoms with Crippen LogP contribution in [0, 0.1) is 11.3 Å². The number of rotatable bonds is 2. The number of piperidine rings is 1. The number of halogens is 1. The minimum Gasteiger partial charge on any atom is -0.440 e. The van der Waals surface area contributed by atoms with Crippen LogP contribution in [0.25, 0.3) is 11.1 Å². The van der Waals surface area contributed by atoms with Crippen molar-refractivity contribution in [1.29, 1.82) is 5.26 Å². The van der Waals surface area contributed by atoms with E-state index in [0.717, 1.165) is 42.9 Å². The fourth-order valence-corrected chi connectivity index (χ4v) is 3.24. The minimum absolute atomic E-state index is 0.259. The predicted octanol–water partition coefficient (Wildman–Crippen LogP) is 3.53. The summed E-state index contributed by atoms with van der Waals surface area (Å²) >= 11 is 6.00. The highest BCUT2D eigenvalue weighted by molar-refractivity contribution is 6.31. The fourth-order valence-electron chi connectivity index (χ4n) is 3.07. The molecule has 0 spiro atoms. The lowest BCUT2D eigenvalue weighted by molar-refractivity contribution is 0.406. The van der Waals surface area contributed by atoms with Crippen molar-refractivity contribution in [2.75, 3.05) is 18.0 Å². The van der Waals surface area contributed by atoms with E-state index in [-0.39, 0.29) is 5.92 Å². The number of benzene rings is 1. The largest absolute Gasteiger partial charge is 0.440 e. The lowest BCUT2D eigenvalue weighted by atomic mass is 9.96. The van der Waals surface area contributed by atoms with E-state index in [1.807, 2.05) is 12.1 Å². The van der Waals surface area contributed by atoms with Gasteiger partial charge >= 0.3 is 0 Å². The Morgan fingerprint density at radius 3 is 2.79 bits per heavy atom. The van der Waals surface area contributed by atoms with Crippen molar-refractivity contribution >= 4 is 28.5 Å². The van der Waals surface area contributed by atoms with Gasteiger partial charge in [0, 0.05) is 36.4 Å². The quantitative estimate of drug-likeness (QED) is 0.710. The second kappa shape index (κ2) is 6.10. The summed E-state index contributed by atoms with van der Waals surface area (Å²) in [6.45, 7) is 1.58. The molecule has 4 rings (SSSR count). The van der Waals surface area contributed by atoms with E-state index >= 15 is 0 Å². The first kappa shape index (κ1) is 14.9. The molecule has 7 heteroatoms. The molecule has 1 aromatic carbocycles. The van der Waals surface area contributed by atoms with Crippen LogP contribution in [0.2, 0.25) is 5.02 Å². The molecule has 1 fully saturated rings. The summed E-state index contributed by atoms with van der Waals surface area (Å²) in [4.78, 5) is 15.1. The van der Waals surface area contributed by atoms with Gasteiger partial charge in [-0.15, -0.1) is 0 Å². The maximum Gasteiger partial charge on any atom is 0.198 e. The van der Waals surface area contributed by atoms with Gasteiger partial charge in [-0.1, -0.05) is 11.6 Å². The average Bonchev–Trinajstić information content (AvgIpc) is 3.05. The smallest absolute Gasteiger partial charge is 0.198 e. The van der Waals surface area contributed by atoms with E-state index < -0.39 is 0 Å². The molecule has 0 N–H and O–H groups in total. The average molecular weight is 340 g/mol.